The second-order valence-corrected chi connectivity index (χ2v) is 7.74. The Morgan fingerprint density at radius 2 is 1.76 bits per heavy atom. The zero-order valence-electron chi connectivity index (χ0n) is 14.7. The maximum atomic E-state index is 13.2. The maximum Gasteiger partial charge on any atom is 0.313 e. The molecule has 1 aliphatic carbocycles. The number of rotatable bonds is 3. The number of hydrogen-bond donors (Lipinski definition) is 1. The van der Waals surface area contributed by atoms with E-state index in [2.05, 4.69) is 5.32 Å². The molecule has 2 aliphatic rings. The molecule has 0 radical (unpaired) electrons. The minimum Gasteiger partial charge on any atom is -0.448 e. The van der Waals surface area contributed by atoms with Crippen LogP contribution in [0, 0.1) is 10.8 Å². The van der Waals surface area contributed by atoms with Gasteiger partial charge in [0.2, 0.25) is 0 Å². The van der Waals surface area contributed by atoms with Gasteiger partial charge >= 0.3 is 5.97 Å². The van der Waals surface area contributed by atoms with E-state index in [1.54, 1.807) is 0 Å². The van der Waals surface area contributed by atoms with E-state index in [1.807, 2.05) is 74.1 Å². The highest BCUT2D eigenvalue weighted by molar-refractivity contribution is 6.04. The zero-order chi connectivity index (χ0) is 17.9. The molecule has 5 nitrogen and oxygen atoms in total. The number of carbonyl (C=O) groups excluding carboxylic acids is 2. The van der Waals surface area contributed by atoms with Crippen molar-refractivity contribution in [1.82, 2.24) is 4.57 Å². The quantitative estimate of drug-likeness (QED) is 0.871. The van der Waals surface area contributed by atoms with Crippen LogP contribution in [0.15, 0.2) is 48.8 Å². The summed E-state index contributed by atoms with van der Waals surface area (Å²) in [6.45, 7) is 5.83. The number of nitrogens with one attached hydrogen (secondary N) is 1. The molecule has 25 heavy (non-hydrogen) atoms. The number of carbonyl (C=O) groups is 2. The Hall–Kier alpha value is -2.56. The number of anilines is 1. The van der Waals surface area contributed by atoms with Crippen LogP contribution < -0.4 is 5.32 Å². The molecule has 2 bridgehead atoms. The molecule has 1 saturated heterocycles. The molecule has 1 saturated carbocycles. The molecule has 1 aliphatic heterocycles. The normalized spacial score (nSPS) is 29.5. The van der Waals surface area contributed by atoms with Gasteiger partial charge in [0.25, 0.3) is 5.91 Å². The van der Waals surface area contributed by atoms with Crippen molar-refractivity contribution in [2.75, 3.05) is 5.32 Å². The monoisotopic (exact) mass is 338 g/mol. The lowest BCUT2D eigenvalue weighted by atomic mass is 9.66. The highest BCUT2D eigenvalue weighted by Crippen LogP contribution is 2.65. The van der Waals surface area contributed by atoms with Crippen LogP contribution in [0.3, 0.4) is 0 Å². The van der Waals surface area contributed by atoms with Gasteiger partial charge in [0, 0.05) is 17.8 Å². The van der Waals surface area contributed by atoms with Crippen LogP contribution in [0.5, 0.6) is 0 Å². The van der Waals surface area contributed by atoms with E-state index in [0.29, 0.717) is 18.5 Å². The molecule has 1 aromatic heterocycles. The lowest BCUT2D eigenvalue weighted by molar-refractivity contribution is -0.165. The number of esters is 1. The molecule has 5 heteroatoms. The number of fused-ring (bicyclic) bond motifs is 2. The molecule has 4 rings (SSSR count). The predicted molar refractivity (Wildman–Crippen MR) is 94.3 cm³/mol. The maximum absolute atomic E-state index is 13.2. The van der Waals surface area contributed by atoms with Gasteiger partial charge in [-0.1, -0.05) is 26.0 Å². The summed E-state index contributed by atoms with van der Waals surface area (Å²) in [5.74, 6) is -0.510. The third-order valence-electron chi connectivity index (χ3n) is 6.49. The summed E-state index contributed by atoms with van der Waals surface area (Å²) in [5.41, 5.74) is -0.693. The van der Waals surface area contributed by atoms with E-state index in [0.717, 1.165) is 5.69 Å². The minimum absolute atomic E-state index is 0.244. The topological polar surface area (TPSA) is 60.3 Å². The molecule has 0 spiro atoms. The molecule has 2 heterocycles. The SMILES string of the molecule is CC12CCC(C(=O)Nc3ccccc3-n3cccc3)(OC1=O)C2(C)C. The lowest BCUT2D eigenvalue weighted by Crippen LogP contribution is -2.50. The highest BCUT2D eigenvalue weighted by Gasteiger charge is 2.75. The molecule has 2 atom stereocenters. The molecule has 130 valence electrons. The van der Waals surface area contributed by atoms with Crippen molar-refractivity contribution in [1.29, 1.82) is 0 Å². The van der Waals surface area contributed by atoms with E-state index >= 15 is 0 Å². The van der Waals surface area contributed by atoms with Crippen LogP contribution in [-0.2, 0) is 14.3 Å². The molecule has 1 N–H and O–H groups in total. The van der Waals surface area contributed by atoms with Gasteiger partial charge in [-0.05, 0) is 44.0 Å². The first-order valence-corrected chi connectivity index (χ1v) is 8.59. The lowest BCUT2D eigenvalue weighted by Gasteiger charge is -2.35. The van der Waals surface area contributed by atoms with E-state index in [-0.39, 0.29) is 11.9 Å². The number of nitrogens with zero attached hydrogens (tertiary/aromatic N) is 1. The third-order valence-corrected chi connectivity index (χ3v) is 6.49. The van der Waals surface area contributed by atoms with Gasteiger partial charge in [-0.3, -0.25) is 9.59 Å². The van der Waals surface area contributed by atoms with Gasteiger partial charge in [-0.15, -0.1) is 0 Å². The first kappa shape index (κ1) is 15.9. The van der Waals surface area contributed by atoms with Crippen LogP contribution >= 0.6 is 0 Å². The van der Waals surface area contributed by atoms with Gasteiger partial charge in [0.15, 0.2) is 5.60 Å². The van der Waals surface area contributed by atoms with Crippen LogP contribution in [0.2, 0.25) is 0 Å². The Balaban J connectivity index is 1.70. The first-order valence-electron chi connectivity index (χ1n) is 8.59. The molecular weight excluding hydrogens is 316 g/mol. The first-order chi connectivity index (χ1) is 11.8. The number of hydrogen-bond acceptors (Lipinski definition) is 3. The molecule has 1 amide bonds. The van der Waals surface area contributed by atoms with Crippen molar-refractivity contribution in [3.05, 3.63) is 48.8 Å². The average Bonchev–Trinajstić information content (AvgIpc) is 3.21. The van der Waals surface area contributed by atoms with Crippen LogP contribution in [0.1, 0.15) is 33.6 Å². The fraction of sp³-hybridized carbons (Fsp3) is 0.400. The van der Waals surface area contributed by atoms with Crippen LogP contribution in [-0.4, -0.2) is 22.0 Å². The highest BCUT2D eigenvalue weighted by atomic mass is 16.6. The number of aromatic nitrogens is 1. The third kappa shape index (κ3) is 1.89. The van der Waals surface area contributed by atoms with Gasteiger partial charge in [0.1, 0.15) is 0 Å². The van der Waals surface area contributed by atoms with E-state index in [9.17, 15) is 9.59 Å². The van der Waals surface area contributed by atoms with Crippen molar-refractivity contribution in [3.8, 4) is 5.69 Å². The van der Waals surface area contributed by atoms with Gasteiger partial charge in [0.05, 0.1) is 16.8 Å². The number of amides is 1. The summed E-state index contributed by atoms with van der Waals surface area (Å²) in [6, 6.07) is 11.5. The standard InChI is InChI=1S/C20H22N2O3/c1-18(2)19(3)10-11-20(18,25-17(19)24)16(23)21-14-8-4-5-9-15(14)22-12-6-7-13-22/h4-9,12-13H,10-11H2,1-3H3,(H,21,23). The summed E-state index contributed by atoms with van der Waals surface area (Å²) >= 11 is 0. The fourth-order valence-corrected chi connectivity index (χ4v) is 4.27. The van der Waals surface area contributed by atoms with Crippen molar-refractivity contribution < 1.29 is 14.3 Å². The summed E-state index contributed by atoms with van der Waals surface area (Å²) in [4.78, 5) is 25.6. The van der Waals surface area contributed by atoms with Crippen LogP contribution in [0.4, 0.5) is 5.69 Å². The molecule has 2 unspecified atom stereocenters. The second-order valence-electron chi connectivity index (χ2n) is 7.74. The average molecular weight is 338 g/mol. The summed E-state index contributed by atoms with van der Waals surface area (Å²) in [5, 5.41) is 3.02. The zero-order valence-corrected chi connectivity index (χ0v) is 14.7. The Kier molecular flexibility index (Phi) is 3.17. The second kappa shape index (κ2) is 4.97. The van der Waals surface area contributed by atoms with E-state index in [4.69, 9.17) is 4.74 Å². The van der Waals surface area contributed by atoms with Gasteiger partial charge < -0.3 is 14.6 Å². The molecular formula is C20H22N2O3. The minimum atomic E-state index is -1.11. The Bertz CT molecular complexity index is 856. The largest absolute Gasteiger partial charge is 0.448 e. The van der Waals surface area contributed by atoms with Crippen molar-refractivity contribution in [2.45, 2.75) is 39.2 Å². The summed E-state index contributed by atoms with van der Waals surface area (Å²) < 4.78 is 7.62. The summed E-state index contributed by atoms with van der Waals surface area (Å²) in [6.07, 6.45) is 5.08. The smallest absolute Gasteiger partial charge is 0.313 e. The molecule has 2 fully saturated rings. The molecule has 2 aromatic rings. The Morgan fingerprint density at radius 3 is 2.36 bits per heavy atom. The van der Waals surface area contributed by atoms with Crippen molar-refractivity contribution >= 4 is 17.6 Å². The van der Waals surface area contributed by atoms with E-state index in [1.165, 1.54) is 0 Å². The fourth-order valence-electron chi connectivity index (χ4n) is 4.27. The Morgan fingerprint density at radius 1 is 1.08 bits per heavy atom. The number of ether oxygens (including phenoxy) is 1. The Labute approximate surface area is 147 Å². The van der Waals surface area contributed by atoms with Gasteiger partial charge in [-0.25, -0.2) is 0 Å². The number of para-hydroxylation sites is 2. The summed E-state index contributed by atoms with van der Waals surface area (Å²) in [7, 11) is 0. The van der Waals surface area contributed by atoms with Crippen LogP contribution in [0.25, 0.3) is 5.69 Å². The van der Waals surface area contributed by atoms with E-state index < -0.39 is 16.4 Å². The van der Waals surface area contributed by atoms with Crippen molar-refractivity contribution in [3.63, 3.8) is 0 Å². The van der Waals surface area contributed by atoms with Crippen molar-refractivity contribution in [2.24, 2.45) is 10.8 Å². The predicted octanol–water partition coefficient (Wildman–Crippen LogP) is 3.54. The molecule has 1 aromatic carbocycles. The van der Waals surface area contributed by atoms with Gasteiger partial charge in [-0.2, -0.15) is 0 Å². The number of benzene rings is 1.